The number of carbonyl (C=O) groups is 1. The standard InChI is InChI=1S/C31H32N8O3S/c1-18-34-26(37-36-18)16-27(40)39-22-9-10-23(39)15-21(14-22)28-29(43(2,41)42)30(32)38-13-12-24(31(38)35-28)20-8-11-25(33-17-20)19-6-4-3-5-7-19/h3-8,11-13,17,21-23H,9-10,14-16,32H2,1-2H3,(H,34,36,37)/t21?,22-,23+. The van der Waals surface area contributed by atoms with E-state index in [0.29, 0.717) is 35.8 Å². The van der Waals surface area contributed by atoms with Gasteiger partial charge in [0.2, 0.25) is 5.91 Å². The van der Waals surface area contributed by atoms with Crippen LogP contribution in [0.25, 0.3) is 28.0 Å². The van der Waals surface area contributed by atoms with Crippen molar-refractivity contribution in [3.05, 3.63) is 78.3 Å². The second-order valence-corrected chi connectivity index (χ2v) is 13.5. The van der Waals surface area contributed by atoms with Crippen molar-refractivity contribution >= 4 is 27.2 Å². The predicted molar refractivity (Wildman–Crippen MR) is 162 cm³/mol. The van der Waals surface area contributed by atoms with Crippen molar-refractivity contribution in [3.8, 4) is 22.4 Å². The van der Waals surface area contributed by atoms with Crippen molar-refractivity contribution in [1.29, 1.82) is 0 Å². The third kappa shape index (κ3) is 4.85. The van der Waals surface area contributed by atoms with E-state index < -0.39 is 9.84 Å². The average molecular weight is 597 g/mol. The van der Waals surface area contributed by atoms with E-state index in [1.165, 1.54) is 6.26 Å². The monoisotopic (exact) mass is 596 g/mol. The van der Waals surface area contributed by atoms with Crippen LogP contribution in [-0.2, 0) is 21.1 Å². The van der Waals surface area contributed by atoms with Crippen molar-refractivity contribution in [2.75, 3.05) is 12.0 Å². The van der Waals surface area contributed by atoms with Crippen molar-refractivity contribution < 1.29 is 13.2 Å². The SMILES string of the molecule is Cc1nc(CC(=O)N2[C@@H]3CC[C@H]2CC(c2nc4c(-c5ccc(-c6ccccc6)nc5)ccn4c(N)c2S(C)(=O)=O)C3)n[nH]1. The van der Waals surface area contributed by atoms with Crippen molar-refractivity contribution in [2.45, 2.75) is 61.9 Å². The van der Waals surface area contributed by atoms with Crippen LogP contribution in [0, 0.1) is 6.92 Å². The molecule has 6 heterocycles. The fourth-order valence-corrected chi connectivity index (χ4v) is 7.93. The molecule has 11 nitrogen and oxygen atoms in total. The normalized spacial score (nSPS) is 20.1. The molecule has 12 heteroatoms. The summed E-state index contributed by atoms with van der Waals surface area (Å²) in [5, 5.41) is 6.92. The highest BCUT2D eigenvalue weighted by atomic mass is 32.2. The first kappa shape index (κ1) is 27.3. The third-order valence-corrected chi connectivity index (χ3v) is 9.85. The summed E-state index contributed by atoms with van der Waals surface area (Å²) >= 11 is 0. The van der Waals surface area contributed by atoms with E-state index in [0.717, 1.165) is 35.2 Å². The van der Waals surface area contributed by atoms with Crippen LogP contribution in [0.15, 0.2) is 65.8 Å². The molecule has 3 N–H and O–H groups in total. The lowest BCUT2D eigenvalue weighted by Gasteiger charge is -2.39. The first-order chi connectivity index (χ1) is 20.7. The predicted octanol–water partition coefficient (Wildman–Crippen LogP) is 3.96. The van der Waals surface area contributed by atoms with Gasteiger partial charge in [-0.2, -0.15) is 5.10 Å². The molecule has 0 radical (unpaired) electrons. The maximum Gasteiger partial charge on any atom is 0.230 e. The van der Waals surface area contributed by atoms with Gasteiger partial charge in [-0.3, -0.25) is 19.3 Å². The summed E-state index contributed by atoms with van der Waals surface area (Å²) in [4.78, 5) is 29.3. The first-order valence-corrected chi connectivity index (χ1v) is 16.3. The molecule has 7 rings (SSSR count). The maximum atomic E-state index is 13.3. The van der Waals surface area contributed by atoms with E-state index >= 15 is 0 Å². The Morgan fingerprint density at radius 3 is 2.40 bits per heavy atom. The molecule has 0 aliphatic carbocycles. The zero-order chi connectivity index (χ0) is 29.9. The number of nitrogens with zero attached hydrogens (tertiary/aromatic N) is 6. The topological polar surface area (TPSA) is 152 Å². The number of nitrogens with one attached hydrogen (secondary N) is 1. The number of nitrogen functional groups attached to an aromatic ring is 1. The Hall–Kier alpha value is -4.58. The molecule has 220 valence electrons. The molecule has 2 saturated heterocycles. The maximum absolute atomic E-state index is 13.3. The number of aromatic amines is 1. The highest BCUT2D eigenvalue weighted by molar-refractivity contribution is 7.91. The van der Waals surface area contributed by atoms with Gasteiger partial charge in [0.15, 0.2) is 15.7 Å². The summed E-state index contributed by atoms with van der Waals surface area (Å²) in [5.74, 6) is 1.13. The molecular weight excluding hydrogens is 564 g/mol. The molecule has 4 aromatic heterocycles. The minimum atomic E-state index is -3.70. The number of aromatic nitrogens is 6. The fraction of sp³-hybridized carbons (Fsp3) is 0.323. The number of piperidine rings is 1. The highest BCUT2D eigenvalue weighted by Gasteiger charge is 2.45. The van der Waals surface area contributed by atoms with Gasteiger partial charge in [-0.25, -0.2) is 18.4 Å². The Bertz CT molecular complexity index is 1940. The number of sulfone groups is 1. The van der Waals surface area contributed by atoms with Gasteiger partial charge in [-0.05, 0) is 44.7 Å². The largest absolute Gasteiger partial charge is 0.384 e. The van der Waals surface area contributed by atoms with Gasteiger partial charge in [0.05, 0.1) is 17.8 Å². The number of pyridine rings is 1. The van der Waals surface area contributed by atoms with Gasteiger partial charge in [0.25, 0.3) is 0 Å². The average Bonchev–Trinajstić information content (AvgIpc) is 3.68. The molecule has 1 aromatic carbocycles. The van der Waals surface area contributed by atoms with Crippen LogP contribution in [-0.4, -0.2) is 67.1 Å². The van der Waals surface area contributed by atoms with E-state index in [1.54, 1.807) is 23.7 Å². The molecular formula is C31H32N8O3S. The summed E-state index contributed by atoms with van der Waals surface area (Å²) in [6.07, 6.45) is 7.83. The number of anilines is 1. The molecule has 43 heavy (non-hydrogen) atoms. The van der Waals surface area contributed by atoms with E-state index in [-0.39, 0.29) is 41.0 Å². The lowest BCUT2D eigenvalue weighted by molar-refractivity contribution is -0.135. The number of rotatable bonds is 6. The second kappa shape index (κ2) is 10.3. The molecule has 0 saturated carbocycles. The van der Waals surface area contributed by atoms with Crippen LogP contribution in [0.3, 0.4) is 0 Å². The molecule has 2 bridgehead atoms. The van der Waals surface area contributed by atoms with Crippen LogP contribution < -0.4 is 5.73 Å². The summed E-state index contributed by atoms with van der Waals surface area (Å²) in [5.41, 5.74) is 11.2. The number of carbonyl (C=O) groups excluding carboxylic acids is 1. The van der Waals surface area contributed by atoms with Gasteiger partial charge < -0.3 is 10.6 Å². The molecule has 2 aliphatic rings. The van der Waals surface area contributed by atoms with Crippen molar-refractivity contribution in [3.63, 3.8) is 0 Å². The third-order valence-electron chi connectivity index (χ3n) is 8.69. The van der Waals surface area contributed by atoms with Crippen LogP contribution >= 0.6 is 0 Å². The van der Waals surface area contributed by atoms with Gasteiger partial charge in [0, 0.05) is 53.3 Å². The number of hydrogen-bond donors (Lipinski definition) is 2. The van der Waals surface area contributed by atoms with Crippen LogP contribution in [0.1, 0.15) is 48.9 Å². The second-order valence-electron chi connectivity index (χ2n) is 11.6. The lowest BCUT2D eigenvalue weighted by Crippen LogP contribution is -2.47. The summed E-state index contributed by atoms with van der Waals surface area (Å²) in [6, 6.07) is 15.8. The first-order valence-electron chi connectivity index (χ1n) is 14.4. The number of benzene rings is 1. The molecule has 2 fully saturated rings. The van der Waals surface area contributed by atoms with Gasteiger partial charge in [-0.15, -0.1) is 0 Å². The van der Waals surface area contributed by atoms with Crippen LogP contribution in [0.4, 0.5) is 5.82 Å². The number of hydrogen-bond acceptors (Lipinski definition) is 8. The zero-order valence-electron chi connectivity index (χ0n) is 23.9. The Kier molecular flexibility index (Phi) is 6.53. The Morgan fingerprint density at radius 1 is 1.02 bits per heavy atom. The zero-order valence-corrected chi connectivity index (χ0v) is 24.8. The lowest BCUT2D eigenvalue weighted by atomic mass is 9.87. The molecule has 5 aromatic rings. The van der Waals surface area contributed by atoms with Gasteiger partial charge in [-0.1, -0.05) is 36.4 Å². The van der Waals surface area contributed by atoms with Gasteiger partial charge >= 0.3 is 0 Å². The number of fused-ring (bicyclic) bond motifs is 3. The number of nitrogens with two attached hydrogens (primary N) is 1. The number of H-pyrrole nitrogens is 1. The number of amides is 1. The molecule has 1 unspecified atom stereocenters. The Morgan fingerprint density at radius 2 is 1.77 bits per heavy atom. The highest BCUT2D eigenvalue weighted by Crippen LogP contribution is 2.45. The van der Waals surface area contributed by atoms with Crippen LogP contribution in [0.2, 0.25) is 0 Å². The van der Waals surface area contributed by atoms with Crippen LogP contribution in [0.5, 0.6) is 0 Å². The summed E-state index contributed by atoms with van der Waals surface area (Å²) in [7, 11) is -3.70. The minimum absolute atomic E-state index is 0.00321. The van der Waals surface area contributed by atoms with Crippen molar-refractivity contribution in [1.82, 2.24) is 34.4 Å². The molecule has 3 atom stereocenters. The summed E-state index contributed by atoms with van der Waals surface area (Å²) < 4.78 is 27.9. The van der Waals surface area contributed by atoms with Gasteiger partial charge in [0.1, 0.15) is 22.2 Å². The smallest absolute Gasteiger partial charge is 0.230 e. The minimum Gasteiger partial charge on any atom is -0.384 e. The summed E-state index contributed by atoms with van der Waals surface area (Å²) in [6.45, 7) is 1.80. The van der Waals surface area contributed by atoms with E-state index in [9.17, 15) is 13.2 Å². The quantitative estimate of drug-likeness (QED) is 0.299. The van der Waals surface area contributed by atoms with E-state index in [1.807, 2.05) is 53.4 Å². The van der Waals surface area contributed by atoms with E-state index in [4.69, 9.17) is 10.7 Å². The fourth-order valence-electron chi connectivity index (χ4n) is 6.85. The Balaban J connectivity index is 1.24. The molecule has 0 spiro atoms. The molecule has 1 amide bonds. The number of aryl methyl sites for hydroxylation is 1. The van der Waals surface area contributed by atoms with Crippen molar-refractivity contribution in [2.24, 2.45) is 0 Å². The van der Waals surface area contributed by atoms with E-state index in [2.05, 4.69) is 20.2 Å². The Labute approximate surface area is 249 Å². The molecule has 2 aliphatic heterocycles.